The summed E-state index contributed by atoms with van der Waals surface area (Å²) in [6, 6.07) is 14.3. The summed E-state index contributed by atoms with van der Waals surface area (Å²) in [5, 5.41) is 3.06. The lowest BCUT2D eigenvalue weighted by Gasteiger charge is -2.31. The van der Waals surface area contributed by atoms with Crippen molar-refractivity contribution < 1.29 is 13.2 Å². The van der Waals surface area contributed by atoms with Crippen LogP contribution >= 0.6 is 0 Å². The monoisotopic (exact) mass is 386 g/mol. The third-order valence-electron chi connectivity index (χ3n) is 5.06. The van der Waals surface area contributed by atoms with Gasteiger partial charge in [-0.15, -0.1) is 0 Å². The van der Waals surface area contributed by atoms with E-state index in [-0.39, 0.29) is 11.9 Å². The summed E-state index contributed by atoms with van der Waals surface area (Å²) in [6.07, 6.45) is 4.01. The lowest BCUT2D eigenvalue weighted by Crippen LogP contribution is -2.49. The van der Waals surface area contributed by atoms with Crippen molar-refractivity contribution >= 4 is 21.6 Å². The average molecular weight is 387 g/mol. The first-order valence-corrected chi connectivity index (χ1v) is 11.1. The molecule has 0 spiro atoms. The Hall–Kier alpha value is -2.34. The summed E-state index contributed by atoms with van der Waals surface area (Å²) in [5.74, 6) is -0.289. The Morgan fingerprint density at radius 3 is 2.48 bits per heavy atom. The van der Waals surface area contributed by atoms with Crippen LogP contribution in [-0.4, -0.2) is 26.6 Å². The van der Waals surface area contributed by atoms with Gasteiger partial charge in [0.15, 0.2) is 0 Å². The zero-order chi connectivity index (χ0) is 19.6. The molecule has 2 aromatic rings. The molecule has 0 heterocycles. The number of fused-ring (bicyclic) bond motifs is 1. The van der Waals surface area contributed by atoms with Crippen molar-refractivity contribution in [3.05, 3.63) is 65.2 Å². The smallest absolute Gasteiger partial charge is 0.244 e. The van der Waals surface area contributed by atoms with Crippen LogP contribution in [-0.2, 0) is 21.2 Å². The molecule has 0 radical (unpaired) electrons. The molecule has 1 aliphatic rings. The molecule has 0 aliphatic heterocycles. The second-order valence-electron chi connectivity index (χ2n) is 7.22. The minimum Gasteiger partial charge on any atom is -0.347 e. The Morgan fingerprint density at radius 1 is 1.15 bits per heavy atom. The number of nitrogens with one attached hydrogen (secondary N) is 1. The maximum Gasteiger partial charge on any atom is 0.244 e. The Balaban J connectivity index is 1.84. The molecule has 6 heteroatoms. The molecule has 5 nitrogen and oxygen atoms in total. The van der Waals surface area contributed by atoms with Gasteiger partial charge in [0, 0.05) is 0 Å². The van der Waals surface area contributed by atoms with E-state index in [1.54, 1.807) is 19.1 Å². The van der Waals surface area contributed by atoms with E-state index in [9.17, 15) is 13.2 Å². The van der Waals surface area contributed by atoms with Gasteiger partial charge in [0.1, 0.15) is 6.04 Å². The van der Waals surface area contributed by atoms with Crippen LogP contribution in [0.3, 0.4) is 0 Å². The molecule has 0 unspecified atom stereocenters. The number of hydrogen-bond acceptors (Lipinski definition) is 3. The molecule has 27 heavy (non-hydrogen) atoms. The van der Waals surface area contributed by atoms with Crippen molar-refractivity contribution in [2.45, 2.75) is 45.2 Å². The molecule has 0 saturated heterocycles. The van der Waals surface area contributed by atoms with E-state index in [1.807, 2.05) is 37.3 Å². The van der Waals surface area contributed by atoms with Gasteiger partial charge in [-0.2, -0.15) is 0 Å². The SMILES string of the molecule is Cc1ccc(N([C@H](C)C(=O)N[C@H]2CCCc3ccccc32)S(C)(=O)=O)cc1. The number of benzene rings is 2. The largest absolute Gasteiger partial charge is 0.347 e. The number of aryl methyl sites for hydroxylation is 2. The van der Waals surface area contributed by atoms with Crippen LogP contribution in [0.2, 0.25) is 0 Å². The zero-order valence-corrected chi connectivity index (χ0v) is 16.8. The van der Waals surface area contributed by atoms with Crippen LogP contribution in [0, 0.1) is 6.92 Å². The average Bonchev–Trinajstić information content (AvgIpc) is 2.62. The number of rotatable bonds is 5. The highest BCUT2D eigenvalue weighted by molar-refractivity contribution is 7.92. The van der Waals surface area contributed by atoms with Gasteiger partial charge in [-0.3, -0.25) is 9.10 Å². The van der Waals surface area contributed by atoms with Gasteiger partial charge in [-0.25, -0.2) is 8.42 Å². The quantitative estimate of drug-likeness (QED) is 0.857. The Kier molecular flexibility index (Phi) is 5.56. The van der Waals surface area contributed by atoms with E-state index in [0.717, 1.165) is 36.6 Å². The summed E-state index contributed by atoms with van der Waals surface area (Å²) in [4.78, 5) is 12.9. The topological polar surface area (TPSA) is 66.5 Å². The van der Waals surface area contributed by atoms with Crippen molar-refractivity contribution in [1.82, 2.24) is 5.32 Å². The Morgan fingerprint density at radius 2 is 1.81 bits per heavy atom. The van der Waals surface area contributed by atoms with Gasteiger partial charge in [0.2, 0.25) is 15.9 Å². The second kappa shape index (κ2) is 7.72. The minimum absolute atomic E-state index is 0.0793. The summed E-state index contributed by atoms with van der Waals surface area (Å²) < 4.78 is 26.0. The fourth-order valence-electron chi connectivity index (χ4n) is 3.70. The second-order valence-corrected chi connectivity index (χ2v) is 9.08. The summed E-state index contributed by atoms with van der Waals surface area (Å²) in [7, 11) is -3.60. The fraction of sp³-hybridized carbons (Fsp3) is 0.381. The van der Waals surface area contributed by atoms with Gasteiger partial charge >= 0.3 is 0 Å². The fourth-order valence-corrected chi connectivity index (χ4v) is 4.87. The number of nitrogens with zero attached hydrogens (tertiary/aromatic N) is 1. The molecule has 1 amide bonds. The van der Waals surface area contributed by atoms with Crippen molar-refractivity contribution in [2.75, 3.05) is 10.6 Å². The molecule has 0 saturated carbocycles. The molecule has 2 aromatic carbocycles. The van der Waals surface area contributed by atoms with Crippen molar-refractivity contribution in [1.29, 1.82) is 0 Å². The van der Waals surface area contributed by atoms with E-state index < -0.39 is 16.1 Å². The summed E-state index contributed by atoms with van der Waals surface area (Å²) in [5.41, 5.74) is 3.91. The number of carbonyl (C=O) groups excluding carboxylic acids is 1. The van der Waals surface area contributed by atoms with Gasteiger partial charge in [0.25, 0.3) is 0 Å². The first kappa shape index (κ1) is 19.4. The van der Waals surface area contributed by atoms with Crippen LogP contribution < -0.4 is 9.62 Å². The van der Waals surface area contributed by atoms with E-state index in [2.05, 4.69) is 11.4 Å². The number of carbonyl (C=O) groups is 1. The van der Waals surface area contributed by atoms with Gasteiger partial charge in [-0.1, -0.05) is 42.0 Å². The van der Waals surface area contributed by atoms with Crippen LogP contribution in [0.15, 0.2) is 48.5 Å². The van der Waals surface area contributed by atoms with Crippen molar-refractivity contribution in [3.63, 3.8) is 0 Å². The van der Waals surface area contributed by atoms with E-state index >= 15 is 0 Å². The van der Waals surface area contributed by atoms with Crippen LogP contribution in [0.25, 0.3) is 0 Å². The summed E-state index contributed by atoms with van der Waals surface area (Å²) in [6.45, 7) is 3.57. The van der Waals surface area contributed by atoms with Crippen LogP contribution in [0.4, 0.5) is 5.69 Å². The molecule has 144 valence electrons. The molecule has 1 aliphatic carbocycles. The van der Waals surface area contributed by atoms with Crippen LogP contribution in [0.1, 0.15) is 42.5 Å². The first-order valence-electron chi connectivity index (χ1n) is 9.21. The zero-order valence-electron chi connectivity index (χ0n) is 16.0. The third-order valence-corrected chi connectivity index (χ3v) is 6.30. The predicted molar refractivity (Wildman–Crippen MR) is 108 cm³/mol. The van der Waals surface area contributed by atoms with Crippen LogP contribution in [0.5, 0.6) is 0 Å². The van der Waals surface area contributed by atoms with Crippen molar-refractivity contribution in [2.24, 2.45) is 0 Å². The first-order chi connectivity index (χ1) is 12.8. The lowest BCUT2D eigenvalue weighted by molar-refractivity contribution is -0.122. The Bertz CT molecular complexity index is 923. The number of sulfonamides is 1. The lowest BCUT2D eigenvalue weighted by atomic mass is 9.87. The maximum absolute atomic E-state index is 12.9. The number of anilines is 1. The predicted octanol–water partition coefficient (Wildman–Crippen LogP) is 3.34. The third kappa shape index (κ3) is 4.33. The molecule has 3 rings (SSSR count). The standard InChI is InChI=1S/C21H26N2O3S/c1-15-11-13-18(14-12-15)23(27(3,25)26)16(2)21(24)22-20-10-6-8-17-7-4-5-9-19(17)20/h4-5,7,9,11-14,16,20H,6,8,10H2,1-3H3,(H,22,24)/t16-,20+/m1/s1. The number of hydrogen-bond donors (Lipinski definition) is 1. The maximum atomic E-state index is 12.9. The van der Waals surface area contributed by atoms with Gasteiger partial charge in [0.05, 0.1) is 18.0 Å². The molecule has 0 aromatic heterocycles. The molecular weight excluding hydrogens is 360 g/mol. The minimum atomic E-state index is -3.60. The molecule has 0 fully saturated rings. The Labute approximate surface area is 161 Å². The highest BCUT2D eigenvalue weighted by Gasteiger charge is 2.31. The van der Waals surface area contributed by atoms with E-state index in [0.29, 0.717) is 5.69 Å². The van der Waals surface area contributed by atoms with Crippen molar-refractivity contribution in [3.8, 4) is 0 Å². The molecular formula is C21H26N2O3S. The molecule has 1 N–H and O–H groups in total. The molecule has 0 bridgehead atoms. The van der Waals surface area contributed by atoms with E-state index in [4.69, 9.17) is 0 Å². The van der Waals surface area contributed by atoms with Gasteiger partial charge < -0.3 is 5.32 Å². The van der Waals surface area contributed by atoms with E-state index in [1.165, 1.54) is 9.87 Å². The highest BCUT2D eigenvalue weighted by atomic mass is 32.2. The normalized spacial score (nSPS) is 17.7. The van der Waals surface area contributed by atoms with Gasteiger partial charge in [-0.05, 0) is 56.4 Å². The summed E-state index contributed by atoms with van der Waals surface area (Å²) >= 11 is 0. The number of amides is 1. The highest BCUT2D eigenvalue weighted by Crippen LogP contribution is 2.30. The molecule has 2 atom stereocenters.